The fraction of sp³-hybridized carbons (Fsp3) is 0.133. The number of carbonyl (C=O) groups excluding carboxylic acids is 1. The predicted octanol–water partition coefficient (Wildman–Crippen LogP) is 2.68. The number of aromatic nitrogens is 1. The second-order valence-corrected chi connectivity index (χ2v) is 4.32. The normalized spacial score (nSPS) is 9.90. The first-order valence-corrected chi connectivity index (χ1v) is 5.94. The Morgan fingerprint density at radius 1 is 1.35 bits per heavy atom. The molecule has 4 nitrogen and oxygen atoms in total. The maximum atomic E-state index is 13.2. The van der Waals surface area contributed by atoms with Crippen LogP contribution in [0.2, 0.25) is 0 Å². The monoisotopic (exact) mass is 269 g/mol. The highest BCUT2D eigenvalue weighted by atomic mass is 19.1. The number of amides is 1. The summed E-state index contributed by atoms with van der Waals surface area (Å²) in [7, 11) is 1.58. The van der Waals surface area contributed by atoms with Crippen molar-refractivity contribution in [1.82, 2.24) is 4.98 Å². The van der Waals surface area contributed by atoms with Crippen molar-refractivity contribution in [2.75, 3.05) is 11.9 Å². The summed E-state index contributed by atoms with van der Waals surface area (Å²) < 4.78 is 13.2. The Morgan fingerprint density at radius 2 is 2.10 bits per heavy atom. The van der Waals surface area contributed by atoms with Gasteiger partial charge in [-0.25, -0.2) is 9.37 Å². The topological polar surface area (TPSA) is 57.0 Å². The molecule has 1 heterocycles. The van der Waals surface area contributed by atoms with Crippen molar-refractivity contribution in [3.05, 3.63) is 59.2 Å². The molecule has 2 rings (SSSR count). The van der Waals surface area contributed by atoms with Gasteiger partial charge in [-0.3, -0.25) is 4.79 Å². The average Bonchev–Trinajstić information content (AvgIpc) is 2.48. The second-order valence-electron chi connectivity index (χ2n) is 4.32. The van der Waals surface area contributed by atoms with Gasteiger partial charge in [-0.2, -0.15) is 5.26 Å². The molecule has 0 radical (unpaired) electrons. The average molecular weight is 269 g/mol. The lowest BCUT2D eigenvalue weighted by Gasteiger charge is -2.17. The Labute approximate surface area is 116 Å². The Morgan fingerprint density at radius 3 is 2.75 bits per heavy atom. The van der Waals surface area contributed by atoms with Gasteiger partial charge >= 0.3 is 0 Å². The highest BCUT2D eigenvalue weighted by Crippen LogP contribution is 2.18. The Bertz CT molecular complexity index is 707. The molecule has 0 N–H and O–H groups in total. The number of hydrogen-bond donors (Lipinski definition) is 0. The zero-order chi connectivity index (χ0) is 14.7. The molecule has 0 aliphatic heterocycles. The van der Waals surface area contributed by atoms with E-state index in [0.29, 0.717) is 11.3 Å². The van der Waals surface area contributed by atoms with E-state index in [1.54, 1.807) is 26.1 Å². The van der Waals surface area contributed by atoms with Crippen LogP contribution in [0.25, 0.3) is 0 Å². The van der Waals surface area contributed by atoms with E-state index in [-0.39, 0.29) is 23.1 Å². The molecule has 100 valence electrons. The molecule has 0 atom stereocenters. The number of nitrogens with zero attached hydrogens (tertiary/aromatic N) is 3. The van der Waals surface area contributed by atoms with E-state index in [9.17, 15) is 9.18 Å². The molecular weight excluding hydrogens is 257 g/mol. The molecule has 0 aliphatic carbocycles. The fourth-order valence-corrected chi connectivity index (χ4v) is 1.74. The van der Waals surface area contributed by atoms with Crippen LogP contribution in [0.15, 0.2) is 36.4 Å². The van der Waals surface area contributed by atoms with Crippen LogP contribution in [0.3, 0.4) is 0 Å². The third-order valence-corrected chi connectivity index (χ3v) is 2.92. The third-order valence-electron chi connectivity index (χ3n) is 2.92. The molecule has 0 bridgehead atoms. The second kappa shape index (κ2) is 5.49. The molecule has 5 heteroatoms. The van der Waals surface area contributed by atoms with Gasteiger partial charge in [0.2, 0.25) is 0 Å². The van der Waals surface area contributed by atoms with Gasteiger partial charge in [0.05, 0.1) is 0 Å². The van der Waals surface area contributed by atoms with Gasteiger partial charge in [-0.15, -0.1) is 0 Å². The van der Waals surface area contributed by atoms with Crippen LogP contribution in [0, 0.1) is 24.1 Å². The van der Waals surface area contributed by atoms with Crippen LogP contribution in [0.5, 0.6) is 0 Å². The standard InChI is InChI=1S/C15H12FN3O/c1-10-8-12(6-7-13(10)16)19(2)15(20)14-5-3-4-11(9-17)18-14/h3-8H,1-2H3. The molecule has 0 saturated heterocycles. The number of hydrogen-bond acceptors (Lipinski definition) is 3. The maximum absolute atomic E-state index is 13.2. The van der Waals surface area contributed by atoms with Gasteiger partial charge in [-0.05, 0) is 42.8 Å². The minimum Gasteiger partial charge on any atom is -0.310 e. The lowest BCUT2D eigenvalue weighted by Crippen LogP contribution is -2.27. The summed E-state index contributed by atoms with van der Waals surface area (Å²) in [6.07, 6.45) is 0. The van der Waals surface area contributed by atoms with Crippen LogP contribution < -0.4 is 4.90 Å². The van der Waals surface area contributed by atoms with Crippen molar-refractivity contribution in [2.45, 2.75) is 6.92 Å². The molecule has 2 aromatic rings. The summed E-state index contributed by atoms with van der Waals surface area (Å²) in [6, 6.07) is 11.0. The summed E-state index contributed by atoms with van der Waals surface area (Å²) in [5, 5.41) is 8.79. The lowest BCUT2D eigenvalue weighted by molar-refractivity contribution is 0.0988. The minimum atomic E-state index is -0.354. The van der Waals surface area contributed by atoms with Gasteiger partial charge in [0.1, 0.15) is 23.3 Å². The quantitative estimate of drug-likeness (QED) is 0.842. The van der Waals surface area contributed by atoms with E-state index in [1.165, 1.54) is 29.2 Å². The molecule has 0 saturated carbocycles. The van der Waals surface area contributed by atoms with Crippen LogP contribution >= 0.6 is 0 Å². The summed E-state index contributed by atoms with van der Waals surface area (Å²) >= 11 is 0. The number of aryl methyl sites for hydroxylation is 1. The largest absolute Gasteiger partial charge is 0.310 e. The van der Waals surface area contributed by atoms with Crippen molar-refractivity contribution < 1.29 is 9.18 Å². The Hall–Kier alpha value is -2.74. The van der Waals surface area contributed by atoms with E-state index in [4.69, 9.17) is 5.26 Å². The molecule has 1 aromatic heterocycles. The SMILES string of the molecule is Cc1cc(N(C)C(=O)c2cccc(C#N)n2)ccc1F. The Kier molecular flexibility index (Phi) is 3.76. The van der Waals surface area contributed by atoms with Crippen molar-refractivity contribution in [1.29, 1.82) is 5.26 Å². The molecular formula is C15H12FN3O. The molecule has 0 spiro atoms. The van der Waals surface area contributed by atoms with Gasteiger partial charge in [0, 0.05) is 12.7 Å². The van der Waals surface area contributed by atoms with Gasteiger partial charge in [0.15, 0.2) is 0 Å². The van der Waals surface area contributed by atoms with E-state index in [2.05, 4.69) is 4.98 Å². The number of anilines is 1. The number of nitriles is 1. The zero-order valence-corrected chi connectivity index (χ0v) is 11.1. The van der Waals surface area contributed by atoms with Gasteiger partial charge in [-0.1, -0.05) is 6.07 Å². The van der Waals surface area contributed by atoms with E-state index in [1.807, 2.05) is 6.07 Å². The smallest absolute Gasteiger partial charge is 0.276 e. The lowest BCUT2D eigenvalue weighted by atomic mass is 10.2. The molecule has 0 fully saturated rings. The van der Waals surface area contributed by atoms with Crippen LogP contribution in [-0.2, 0) is 0 Å². The first-order valence-electron chi connectivity index (χ1n) is 5.94. The Balaban J connectivity index is 2.32. The summed E-state index contributed by atoms with van der Waals surface area (Å²) in [5.74, 6) is -0.674. The molecule has 0 unspecified atom stereocenters. The summed E-state index contributed by atoms with van der Waals surface area (Å²) in [4.78, 5) is 17.6. The third kappa shape index (κ3) is 2.64. The van der Waals surface area contributed by atoms with Crippen molar-refractivity contribution in [3.63, 3.8) is 0 Å². The summed E-state index contributed by atoms with van der Waals surface area (Å²) in [5.41, 5.74) is 1.38. The van der Waals surface area contributed by atoms with Crippen molar-refractivity contribution >= 4 is 11.6 Å². The van der Waals surface area contributed by atoms with Gasteiger partial charge in [0.25, 0.3) is 5.91 Å². The summed E-state index contributed by atoms with van der Waals surface area (Å²) in [6.45, 7) is 1.63. The van der Waals surface area contributed by atoms with Crippen molar-refractivity contribution in [2.24, 2.45) is 0 Å². The first-order chi connectivity index (χ1) is 9.52. The van der Waals surface area contributed by atoms with Crippen LogP contribution in [-0.4, -0.2) is 17.9 Å². The number of benzene rings is 1. The maximum Gasteiger partial charge on any atom is 0.276 e. The van der Waals surface area contributed by atoms with Crippen LogP contribution in [0.1, 0.15) is 21.7 Å². The van der Waals surface area contributed by atoms with E-state index < -0.39 is 0 Å². The number of carbonyl (C=O) groups is 1. The number of rotatable bonds is 2. The molecule has 1 amide bonds. The van der Waals surface area contributed by atoms with E-state index in [0.717, 1.165) is 0 Å². The first kappa shape index (κ1) is 13.7. The highest BCUT2D eigenvalue weighted by molar-refractivity contribution is 6.04. The molecule has 20 heavy (non-hydrogen) atoms. The molecule has 1 aromatic carbocycles. The van der Waals surface area contributed by atoms with Crippen LogP contribution in [0.4, 0.5) is 10.1 Å². The van der Waals surface area contributed by atoms with Crippen molar-refractivity contribution in [3.8, 4) is 6.07 Å². The predicted molar refractivity (Wildman–Crippen MR) is 72.8 cm³/mol. The number of pyridine rings is 1. The molecule has 0 aliphatic rings. The number of halogens is 1. The fourth-order valence-electron chi connectivity index (χ4n) is 1.74. The minimum absolute atomic E-state index is 0.175. The highest BCUT2D eigenvalue weighted by Gasteiger charge is 2.16. The zero-order valence-electron chi connectivity index (χ0n) is 11.1. The van der Waals surface area contributed by atoms with Gasteiger partial charge < -0.3 is 4.90 Å². The van der Waals surface area contributed by atoms with E-state index >= 15 is 0 Å².